The number of hydrogen-bond acceptors (Lipinski definition) is 2. The van der Waals surface area contributed by atoms with Gasteiger partial charge in [-0.1, -0.05) is 86.3 Å². The van der Waals surface area contributed by atoms with Gasteiger partial charge in [0.1, 0.15) is 5.75 Å². The topological polar surface area (TPSA) is 18.5 Å². The molecule has 0 aliphatic rings. The van der Waals surface area contributed by atoms with Crippen LogP contribution in [-0.4, -0.2) is 12.1 Å². The van der Waals surface area contributed by atoms with Gasteiger partial charge in [-0.05, 0) is 18.9 Å². The van der Waals surface area contributed by atoms with Crippen molar-refractivity contribution >= 4 is 29.3 Å². The van der Waals surface area contributed by atoms with E-state index in [4.69, 9.17) is 27.9 Å². The minimum absolute atomic E-state index is 0.194. The molecule has 2 nitrogen and oxygen atoms in total. The summed E-state index contributed by atoms with van der Waals surface area (Å²) in [6.07, 6.45) is 12.4. The fourth-order valence-corrected chi connectivity index (χ4v) is 1.73. The second-order valence-corrected chi connectivity index (χ2v) is 4.83. The maximum absolute atomic E-state index is 5.55. The van der Waals surface area contributed by atoms with Crippen molar-refractivity contribution in [3.8, 4) is 5.75 Å². The molecule has 0 radical (unpaired) electrons. The van der Waals surface area contributed by atoms with Gasteiger partial charge in [0.2, 0.25) is 0 Å². The average molecular weight is 345 g/mol. The van der Waals surface area contributed by atoms with Crippen molar-refractivity contribution in [2.75, 3.05) is 12.1 Å². The van der Waals surface area contributed by atoms with Crippen LogP contribution in [0.15, 0.2) is 42.7 Å². The molecule has 0 bridgehead atoms. The van der Waals surface area contributed by atoms with Gasteiger partial charge in [-0.25, -0.2) is 0 Å². The quantitative estimate of drug-likeness (QED) is 0.286. The van der Waals surface area contributed by atoms with Crippen LogP contribution in [0, 0.1) is 0 Å². The summed E-state index contributed by atoms with van der Waals surface area (Å²) in [7, 11) is 0. The highest BCUT2D eigenvalue weighted by Crippen LogP contribution is 2.20. The maximum atomic E-state index is 5.55. The van der Waals surface area contributed by atoms with Crippen molar-refractivity contribution in [2.24, 2.45) is 0 Å². The lowest BCUT2D eigenvalue weighted by Crippen LogP contribution is -1.90. The first kappa shape index (κ1) is 20.9. The first-order valence-corrected chi connectivity index (χ1v) is 8.63. The van der Waals surface area contributed by atoms with E-state index < -0.39 is 0 Å². The molecule has 4 heteroatoms. The number of alkyl halides is 2. The minimum atomic E-state index is 0.194. The molecule has 22 heavy (non-hydrogen) atoms. The summed E-state index contributed by atoms with van der Waals surface area (Å²) >= 11 is 10.7. The zero-order valence-corrected chi connectivity index (χ0v) is 14.9. The molecule has 0 saturated heterocycles. The molecule has 0 spiro atoms. The van der Waals surface area contributed by atoms with Gasteiger partial charge < -0.3 is 9.47 Å². The van der Waals surface area contributed by atoms with Gasteiger partial charge in [0, 0.05) is 5.56 Å². The molecule has 0 heterocycles. The smallest absolute Gasteiger partial charge is 0.162 e. The summed E-state index contributed by atoms with van der Waals surface area (Å²) in [6, 6.07) is 8.36. The molecule has 0 aromatic heterocycles. The van der Waals surface area contributed by atoms with Gasteiger partial charge in [0.25, 0.3) is 0 Å². The largest absolute Gasteiger partial charge is 0.486 e. The molecule has 0 fully saturated rings. The van der Waals surface area contributed by atoms with Crippen molar-refractivity contribution in [2.45, 2.75) is 39.5 Å². The molecule has 124 valence electrons. The van der Waals surface area contributed by atoms with Crippen LogP contribution >= 0.6 is 23.2 Å². The Labute approximate surface area is 144 Å². The SMILES string of the molecule is CCC=COCCl.CCCCC=Cc1ccccc1OCCl. The van der Waals surface area contributed by atoms with Crippen LogP contribution in [0.5, 0.6) is 5.75 Å². The Morgan fingerprint density at radius 2 is 1.82 bits per heavy atom. The fourth-order valence-electron chi connectivity index (χ4n) is 1.54. The van der Waals surface area contributed by atoms with E-state index >= 15 is 0 Å². The van der Waals surface area contributed by atoms with Gasteiger partial charge in [-0.2, -0.15) is 0 Å². The highest BCUT2D eigenvalue weighted by molar-refractivity contribution is 6.17. The minimum Gasteiger partial charge on any atom is -0.486 e. The van der Waals surface area contributed by atoms with Crippen LogP contribution in [0.25, 0.3) is 6.08 Å². The van der Waals surface area contributed by atoms with E-state index in [1.54, 1.807) is 6.26 Å². The first-order valence-electron chi connectivity index (χ1n) is 7.57. The monoisotopic (exact) mass is 344 g/mol. The lowest BCUT2D eigenvalue weighted by atomic mass is 10.1. The van der Waals surface area contributed by atoms with Gasteiger partial charge >= 0.3 is 0 Å². The fraction of sp³-hybridized carbons (Fsp3) is 0.444. The summed E-state index contributed by atoms with van der Waals surface area (Å²) in [6.45, 7) is 4.23. The van der Waals surface area contributed by atoms with Crippen molar-refractivity contribution in [1.29, 1.82) is 0 Å². The van der Waals surface area contributed by atoms with Crippen molar-refractivity contribution in [3.05, 3.63) is 48.2 Å². The van der Waals surface area contributed by atoms with Gasteiger partial charge in [0.05, 0.1) is 6.26 Å². The zero-order valence-electron chi connectivity index (χ0n) is 13.4. The number of unbranched alkanes of at least 4 members (excludes halogenated alkanes) is 2. The predicted octanol–water partition coefficient (Wildman–Crippen LogP) is 6.59. The maximum Gasteiger partial charge on any atom is 0.162 e. The average Bonchev–Trinajstić information content (AvgIpc) is 2.54. The molecular formula is C18H26Cl2O2. The number of benzene rings is 1. The summed E-state index contributed by atoms with van der Waals surface area (Å²) < 4.78 is 9.97. The Morgan fingerprint density at radius 1 is 1.05 bits per heavy atom. The molecule has 1 aromatic carbocycles. The van der Waals surface area contributed by atoms with Crippen LogP contribution in [0.1, 0.15) is 45.1 Å². The standard InChI is InChI=1S/C13H17ClO.C5H9ClO/c1-2-3-4-5-8-12-9-6-7-10-13(12)15-11-14;1-2-3-4-7-5-6/h5-10H,2-4,11H2,1H3;3-4H,2,5H2,1H3. The normalized spacial score (nSPS) is 10.5. The molecule has 0 amide bonds. The molecule has 1 rings (SSSR count). The van der Waals surface area contributed by atoms with Crippen LogP contribution in [0.4, 0.5) is 0 Å². The van der Waals surface area contributed by atoms with Crippen LogP contribution in [0.2, 0.25) is 0 Å². The Hall–Kier alpha value is -1.12. The summed E-state index contributed by atoms with van der Waals surface area (Å²) in [5.41, 5.74) is 1.09. The molecule has 0 unspecified atom stereocenters. The molecule has 0 aliphatic heterocycles. The Bertz CT molecular complexity index is 417. The van der Waals surface area contributed by atoms with E-state index in [1.165, 1.54) is 12.8 Å². The zero-order chi connectivity index (χ0) is 16.5. The molecular weight excluding hydrogens is 319 g/mol. The van der Waals surface area contributed by atoms with E-state index in [-0.39, 0.29) is 12.1 Å². The highest BCUT2D eigenvalue weighted by atomic mass is 35.5. The third-order valence-corrected chi connectivity index (χ3v) is 2.88. The molecule has 0 aliphatic carbocycles. The number of para-hydroxylation sites is 1. The second kappa shape index (κ2) is 16.3. The van der Waals surface area contributed by atoms with E-state index in [2.05, 4.69) is 23.8 Å². The van der Waals surface area contributed by atoms with Gasteiger partial charge in [-0.3, -0.25) is 0 Å². The lowest BCUT2D eigenvalue weighted by molar-refractivity contribution is 0.311. The van der Waals surface area contributed by atoms with Crippen LogP contribution in [0.3, 0.4) is 0 Å². The molecule has 0 atom stereocenters. The molecule has 0 saturated carbocycles. The van der Waals surface area contributed by atoms with E-state index in [0.29, 0.717) is 0 Å². The Kier molecular flexibility index (Phi) is 15.4. The number of ether oxygens (including phenoxy) is 2. The van der Waals surface area contributed by atoms with E-state index in [0.717, 1.165) is 24.2 Å². The van der Waals surface area contributed by atoms with Crippen LogP contribution in [-0.2, 0) is 4.74 Å². The predicted molar refractivity (Wildman–Crippen MR) is 97.6 cm³/mol. The molecule has 0 N–H and O–H groups in total. The van der Waals surface area contributed by atoms with Gasteiger partial charge in [0.15, 0.2) is 12.1 Å². The van der Waals surface area contributed by atoms with E-state index in [1.807, 2.05) is 37.3 Å². The van der Waals surface area contributed by atoms with E-state index in [9.17, 15) is 0 Å². The van der Waals surface area contributed by atoms with Gasteiger partial charge in [-0.15, -0.1) is 0 Å². The third-order valence-electron chi connectivity index (χ3n) is 2.64. The van der Waals surface area contributed by atoms with Crippen LogP contribution < -0.4 is 4.74 Å². The summed E-state index contributed by atoms with van der Waals surface area (Å²) in [4.78, 5) is 0. The third kappa shape index (κ3) is 11.5. The summed E-state index contributed by atoms with van der Waals surface area (Å²) in [5, 5.41) is 0. The second-order valence-electron chi connectivity index (χ2n) is 4.39. The number of allylic oxidation sites excluding steroid dienone is 2. The number of halogens is 2. The summed E-state index contributed by atoms with van der Waals surface area (Å²) in [5.74, 6) is 0.847. The number of hydrogen-bond donors (Lipinski definition) is 0. The lowest BCUT2D eigenvalue weighted by Gasteiger charge is -2.05. The Balaban J connectivity index is 0.000000534. The van der Waals surface area contributed by atoms with Crippen molar-refractivity contribution < 1.29 is 9.47 Å². The first-order chi connectivity index (χ1) is 10.8. The Morgan fingerprint density at radius 3 is 2.45 bits per heavy atom. The van der Waals surface area contributed by atoms with Crippen molar-refractivity contribution in [3.63, 3.8) is 0 Å². The number of rotatable bonds is 9. The van der Waals surface area contributed by atoms with Crippen molar-refractivity contribution in [1.82, 2.24) is 0 Å². The molecule has 1 aromatic rings. The highest BCUT2D eigenvalue weighted by Gasteiger charge is 1.97.